The monoisotopic (exact) mass is 431 g/mol. The van der Waals surface area contributed by atoms with Gasteiger partial charge in [-0.2, -0.15) is 0 Å². The molecule has 158 valence electrons. The lowest BCUT2D eigenvalue weighted by atomic mass is 10.2. The molecule has 30 heavy (non-hydrogen) atoms. The van der Waals surface area contributed by atoms with E-state index in [2.05, 4.69) is 10.3 Å². The third kappa shape index (κ3) is 4.74. The summed E-state index contributed by atoms with van der Waals surface area (Å²) in [5.74, 6) is -0.137. The summed E-state index contributed by atoms with van der Waals surface area (Å²) in [6.45, 7) is 1.69. The van der Waals surface area contributed by atoms with Crippen LogP contribution in [-0.4, -0.2) is 37.7 Å². The molecule has 0 aliphatic carbocycles. The van der Waals surface area contributed by atoms with Gasteiger partial charge in [-0.15, -0.1) is 0 Å². The summed E-state index contributed by atoms with van der Waals surface area (Å²) in [6, 6.07) is 10.9. The predicted molar refractivity (Wildman–Crippen MR) is 111 cm³/mol. The van der Waals surface area contributed by atoms with Crippen molar-refractivity contribution in [2.75, 3.05) is 19.4 Å². The first-order valence-electron chi connectivity index (χ1n) is 9.21. The van der Waals surface area contributed by atoms with Crippen molar-refractivity contribution in [1.82, 2.24) is 9.29 Å². The Morgan fingerprint density at radius 1 is 1.20 bits per heavy atom. The number of carbonyl (C=O) groups excluding carboxylic acids is 1. The van der Waals surface area contributed by atoms with E-state index in [0.717, 1.165) is 4.31 Å². The van der Waals surface area contributed by atoms with Gasteiger partial charge in [0.2, 0.25) is 15.9 Å². The lowest BCUT2D eigenvalue weighted by Crippen LogP contribution is -2.23. The number of halogens is 1. The quantitative estimate of drug-likeness (QED) is 0.617. The van der Waals surface area contributed by atoms with Gasteiger partial charge in [-0.1, -0.05) is 18.2 Å². The first-order chi connectivity index (χ1) is 14.2. The van der Waals surface area contributed by atoms with E-state index in [0.29, 0.717) is 28.5 Å². The number of oxazole rings is 1. The van der Waals surface area contributed by atoms with Gasteiger partial charge >= 0.3 is 0 Å². The van der Waals surface area contributed by atoms with E-state index in [9.17, 15) is 17.6 Å². The number of benzene rings is 2. The van der Waals surface area contributed by atoms with Crippen LogP contribution in [0.3, 0.4) is 0 Å². The molecule has 0 atom stereocenters. The lowest BCUT2D eigenvalue weighted by molar-refractivity contribution is -0.116. The second-order valence-electron chi connectivity index (χ2n) is 6.91. The molecule has 9 heteroatoms. The molecule has 0 radical (unpaired) electrons. The normalized spacial score (nSPS) is 11.6. The molecule has 1 amide bonds. The minimum atomic E-state index is -3.62. The highest BCUT2D eigenvalue weighted by Gasteiger charge is 2.20. The van der Waals surface area contributed by atoms with Crippen molar-refractivity contribution in [1.29, 1.82) is 0 Å². The third-order valence-corrected chi connectivity index (χ3v) is 6.45. The minimum Gasteiger partial charge on any atom is -0.441 e. The van der Waals surface area contributed by atoms with E-state index in [1.165, 1.54) is 32.4 Å². The van der Waals surface area contributed by atoms with E-state index in [1.54, 1.807) is 37.3 Å². The molecule has 0 saturated heterocycles. The molecule has 1 N–H and O–H groups in total. The third-order valence-electron chi connectivity index (χ3n) is 4.49. The highest BCUT2D eigenvalue weighted by Crippen LogP contribution is 2.24. The summed E-state index contributed by atoms with van der Waals surface area (Å²) in [4.78, 5) is 16.5. The van der Waals surface area contributed by atoms with Crippen molar-refractivity contribution in [2.45, 2.75) is 24.7 Å². The molecule has 0 unspecified atom stereocenters. The van der Waals surface area contributed by atoms with E-state index in [1.807, 2.05) is 0 Å². The van der Waals surface area contributed by atoms with Crippen LogP contribution in [0.1, 0.15) is 17.9 Å². The van der Waals surface area contributed by atoms with E-state index < -0.39 is 15.8 Å². The first kappa shape index (κ1) is 21.7. The number of anilines is 1. The van der Waals surface area contributed by atoms with Gasteiger partial charge < -0.3 is 9.73 Å². The maximum absolute atomic E-state index is 13.8. The molecular formula is C21H22FN3O4S. The minimum absolute atomic E-state index is 0.0703. The SMILES string of the molecule is Cc1ccc(NC(=O)CCc2ncc(-c3ccccc3F)o2)cc1S(=O)(=O)N(C)C. The van der Waals surface area contributed by atoms with Gasteiger partial charge in [0.1, 0.15) is 5.82 Å². The van der Waals surface area contributed by atoms with Gasteiger partial charge in [0.25, 0.3) is 0 Å². The summed E-state index contributed by atoms with van der Waals surface area (Å²) < 4.78 is 45.3. The Labute approximate surface area is 174 Å². The Hall–Kier alpha value is -3.04. The van der Waals surface area contributed by atoms with Crippen LogP contribution in [0.2, 0.25) is 0 Å². The van der Waals surface area contributed by atoms with Gasteiger partial charge in [0.05, 0.1) is 16.7 Å². The number of rotatable bonds is 7. The number of sulfonamides is 1. The number of nitrogens with one attached hydrogen (secondary N) is 1. The van der Waals surface area contributed by atoms with Crippen LogP contribution in [0.15, 0.2) is 58.0 Å². The van der Waals surface area contributed by atoms with E-state index in [-0.39, 0.29) is 23.6 Å². The standard InChI is InChI=1S/C21H22FN3O4S/c1-14-8-9-15(12-19(14)30(27,28)25(2)3)24-20(26)10-11-21-23-13-18(29-21)16-6-4-5-7-17(16)22/h4-9,12-13H,10-11H2,1-3H3,(H,24,26). The highest BCUT2D eigenvalue weighted by molar-refractivity contribution is 7.89. The Morgan fingerprint density at radius 3 is 2.63 bits per heavy atom. The van der Waals surface area contributed by atoms with Crippen LogP contribution in [0, 0.1) is 12.7 Å². The Balaban J connectivity index is 1.65. The Bertz CT molecular complexity index is 1170. The second kappa shape index (κ2) is 8.76. The topological polar surface area (TPSA) is 92.5 Å². The summed E-state index contributed by atoms with van der Waals surface area (Å²) in [5.41, 5.74) is 1.27. The van der Waals surface area contributed by atoms with Crippen LogP contribution in [0.5, 0.6) is 0 Å². The number of nitrogens with zero attached hydrogens (tertiary/aromatic N) is 2. The molecule has 0 aliphatic heterocycles. The molecule has 0 saturated carbocycles. The zero-order chi connectivity index (χ0) is 21.9. The number of carbonyl (C=O) groups is 1. The fourth-order valence-corrected chi connectivity index (χ4v) is 3.95. The Kier molecular flexibility index (Phi) is 6.33. The molecule has 0 spiro atoms. The lowest BCUT2D eigenvalue weighted by Gasteiger charge is -2.15. The van der Waals surface area contributed by atoms with Gasteiger partial charge in [-0.25, -0.2) is 22.1 Å². The molecule has 3 aromatic rings. The smallest absolute Gasteiger partial charge is 0.242 e. The molecule has 3 rings (SSSR count). The van der Waals surface area contributed by atoms with E-state index in [4.69, 9.17) is 4.42 Å². The zero-order valence-electron chi connectivity index (χ0n) is 16.8. The van der Waals surface area contributed by atoms with Crippen molar-refractivity contribution >= 4 is 21.6 Å². The van der Waals surface area contributed by atoms with Gasteiger partial charge in [0, 0.05) is 32.6 Å². The fourth-order valence-electron chi connectivity index (χ4n) is 2.81. The number of aromatic nitrogens is 1. The zero-order valence-corrected chi connectivity index (χ0v) is 17.7. The highest BCUT2D eigenvalue weighted by atomic mass is 32.2. The second-order valence-corrected chi connectivity index (χ2v) is 9.03. The van der Waals surface area contributed by atoms with Crippen LogP contribution in [-0.2, 0) is 21.2 Å². The van der Waals surface area contributed by atoms with Crippen LogP contribution in [0.25, 0.3) is 11.3 Å². The maximum Gasteiger partial charge on any atom is 0.242 e. The summed E-state index contributed by atoms with van der Waals surface area (Å²) in [5, 5.41) is 2.69. The summed E-state index contributed by atoms with van der Waals surface area (Å²) in [6.07, 6.45) is 1.71. The average molecular weight is 431 g/mol. The predicted octanol–water partition coefficient (Wildman–Crippen LogP) is 3.61. The Morgan fingerprint density at radius 2 is 1.93 bits per heavy atom. The number of amides is 1. The van der Waals surface area contributed by atoms with Crippen molar-refractivity contribution in [2.24, 2.45) is 0 Å². The number of hydrogen-bond donors (Lipinski definition) is 1. The molecule has 0 aliphatic rings. The molecule has 1 aromatic heterocycles. The summed E-state index contributed by atoms with van der Waals surface area (Å²) in [7, 11) is -0.721. The maximum atomic E-state index is 13.8. The molecule has 0 fully saturated rings. The molecular weight excluding hydrogens is 409 g/mol. The van der Waals surface area contributed by atoms with Crippen molar-refractivity contribution in [3.63, 3.8) is 0 Å². The van der Waals surface area contributed by atoms with Crippen LogP contribution < -0.4 is 5.32 Å². The van der Waals surface area contributed by atoms with Gasteiger partial charge in [-0.05, 0) is 36.8 Å². The number of aryl methyl sites for hydroxylation is 2. The van der Waals surface area contributed by atoms with E-state index >= 15 is 0 Å². The van der Waals surface area contributed by atoms with Crippen molar-refractivity contribution in [3.05, 3.63) is 65.9 Å². The molecule has 1 heterocycles. The first-order valence-corrected chi connectivity index (χ1v) is 10.6. The van der Waals surface area contributed by atoms with Crippen molar-refractivity contribution < 1.29 is 22.0 Å². The van der Waals surface area contributed by atoms with Crippen LogP contribution >= 0.6 is 0 Å². The average Bonchev–Trinajstić information content (AvgIpc) is 3.17. The molecule has 0 bridgehead atoms. The molecule has 7 nitrogen and oxygen atoms in total. The van der Waals surface area contributed by atoms with Crippen LogP contribution in [0.4, 0.5) is 10.1 Å². The largest absolute Gasteiger partial charge is 0.441 e. The van der Waals surface area contributed by atoms with Gasteiger partial charge in [0.15, 0.2) is 11.7 Å². The molecule has 2 aromatic carbocycles. The fraction of sp³-hybridized carbons (Fsp3) is 0.238. The summed E-state index contributed by atoms with van der Waals surface area (Å²) >= 11 is 0. The van der Waals surface area contributed by atoms with Gasteiger partial charge in [-0.3, -0.25) is 4.79 Å². The van der Waals surface area contributed by atoms with Crippen molar-refractivity contribution in [3.8, 4) is 11.3 Å². The number of hydrogen-bond acceptors (Lipinski definition) is 5.